The molecule has 0 spiro atoms. The maximum Gasteiger partial charge on any atom is 0.215 e. The largest absolute Gasteiger partial charge is 0.336 e. The summed E-state index contributed by atoms with van der Waals surface area (Å²) in [5.41, 5.74) is 2.10. The van der Waals surface area contributed by atoms with Crippen LogP contribution in [0.15, 0.2) is 11.2 Å². The highest BCUT2D eigenvalue weighted by Gasteiger charge is 2.16. The second-order valence-corrected chi connectivity index (χ2v) is 4.98. The molecule has 0 saturated carbocycles. The van der Waals surface area contributed by atoms with Gasteiger partial charge < -0.3 is 5.32 Å². The predicted molar refractivity (Wildman–Crippen MR) is 64.5 cm³/mol. The molecule has 6 heteroatoms. The number of nitrogens with one attached hydrogen (secondary N) is 1. The summed E-state index contributed by atoms with van der Waals surface area (Å²) in [6, 6.07) is 0. The lowest BCUT2D eigenvalue weighted by atomic mass is 10.2. The predicted octanol–water partition coefficient (Wildman–Crippen LogP) is 1.26. The highest BCUT2D eigenvalue weighted by atomic mass is 32.2. The van der Waals surface area contributed by atoms with E-state index in [-0.39, 0.29) is 0 Å². The van der Waals surface area contributed by atoms with Crippen LogP contribution in [0.3, 0.4) is 0 Å². The zero-order valence-electron chi connectivity index (χ0n) is 8.73. The van der Waals surface area contributed by atoms with Gasteiger partial charge in [-0.25, -0.2) is 4.58 Å². The highest BCUT2D eigenvalue weighted by Crippen LogP contribution is 2.25. The molecule has 0 aliphatic carbocycles. The molecule has 1 aromatic rings. The molecule has 0 unspecified atom stereocenters. The van der Waals surface area contributed by atoms with Gasteiger partial charge in [-0.15, -0.1) is 11.8 Å². The Balaban J connectivity index is 2.29. The quantitative estimate of drug-likeness (QED) is 0.639. The Kier molecular flexibility index (Phi) is 3.37. The van der Waals surface area contributed by atoms with Crippen molar-refractivity contribution in [1.29, 1.82) is 0 Å². The molecule has 15 heavy (non-hydrogen) atoms. The lowest BCUT2D eigenvalue weighted by Gasteiger charge is -2.06. The molecule has 80 valence electrons. The normalized spacial score (nSPS) is 15.6. The topological polar surface area (TPSA) is 40.8 Å². The van der Waals surface area contributed by atoms with Crippen LogP contribution in [0, 0.1) is 0 Å². The van der Waals surface area contributed by atoms with E-state index in [9.17, 15) is 0 Å². The zero-order valence-corrected chi connectivity index (χ0v) is 10.4. The van der Waals surface area contributed by atoms with Crippen LogP contribution < -0.4 is 5.32 Å². The molecule has 2 rings (SSSR count). The Bertz CT molecular complexity index is 408. The molecule has 1 N–H and O–H groups in total. The van der Waals surface area contributed by atoms with Crippen molar-refractivity contribution < 1.29 is 4.58 Å². The van der Waals surface area contributed by atoms with E-state index in [0.29, 0.717) is 0 Å². The number of rotatable bonds is 3. The Hall–Kier alpha value is -0.880. The summed E-state index contributed by atoms with van der Waals surface area (Å²) in [4.78, 5) is 0. The van der Waals surface area contributed by atoms with Gasteiger partial charge in [0.15, 0.2) is 6.21 Å². The second kappa shape index (κ2) is 4.76. The van der Waals surface area contributed by atoms with E-state index < -0.39 is 0 Å². The van der Waals surface area contributed by atoms with Crippen LogP contribution in [0.1, 0.15) is 12.6 Å². The van der Waals surface area contributed by atoms with Crippen LogP contribution in [0.2, 0.25) is 0 Å². The van der Waals surface area contributed by atoms with Crippen LogP contribution in [0.25, 0.3) is 5.57 Å². The van der Waals surface area contributed by atoms with Crippen LogP contribution in [0.5, 0.6) is 0 Å². The fourth-order valence-corrected chi connectivity index (χ4v) is 2.75. The molecule has 0 bridgehead atoms. The fourth-order valence-electron chi connectivity index (χ4n) is 1.34. The number of hydrogen-bond acceptors (Lipinski definition) is 5. The van der Waals surface area contributed by atoms with Gasteiger partial charge in [0.1, 0.15) is 17.8 Å². The zero-order chi connectivity index (χ0) is 10.7. The van der Waals surface area contributed by atoms with E-state index >= 15 is 0 Å². The molecule has 4 nitrogen and oxygen atoms in total. The van der Waals surface area contributed by atoms with Crippen molar-refractivity contribution in [2.45, 2.75) is 11.9 Å². The van der Waals surface area contributed by atoms with E-state index in [1.54, 1.807) is 11.8 Å². The first-order valence-corrected chi connectivity index (χ1v) is 6.47. The third-order valence-corrected chi connectivity index (χ3v) is 3.46. The summed E-state index contributed by atoms with van der Waals surface area (Å²) in [5, 5.41) is 4.23. The van der Waals surface area contributed by atoms with Gasteiger partial charge in [0.2, 0.25) is 6.67 Å². The molecular weight excluding hydrogens is 228 g/mol. The van der Waals surface area contributed by atoms with Gasteiger partial charge in [-0.3, -0.25) is 0 Å². The summed E-state index contributed by atoms with van der Waals surface area (Å²) in [6.07, 6.45) is 4.09. The fraction of sp³-hybridized carbons (Fsp3) is 0.444. The van der Waals surface area contributed by atoms with Gasteiger partial charge in [0, 0.05) is 6.20 Å². The molecule has 0 amide bonds. The molecule has 2 heterocycles. The number of hydrogen-bond donors (Lipinski definition) is 1. The van der Waals surface area contributed by atoms with Gasteiger partial charge in [0.25, 0.3) is 0 Å². The number of aromatic nitrogens is 2. The molecular formula is C9H13N4S2+. The van der Waals surface area contributed by atoms with Crippen molar-refractivity contribution >= 4 is 35.3 Å². The Morgan fingerprint density at radius 3 is 3.20 bits per heavy atom. The van der Waals surface area contributed by atoms with E-state index in [2.05, 4.69) is 31.8 Å². The minimum atomic E-state index is 0.845. The monoisotopic (exact) mass is 241 g/mol. The van der Waals surface area contributed by atoms with E-state index in [4.69, 9.17) is 0 Å². The van der Waals surface area contributed by atoms with E-state index in [1.165, 1.54) is 11.7 Å². The van der Waals surface area contributed by atoms with Crippen LogP contribution in [0.4, 0.5) is 0 Å². The van der Waals surface area contributed by atoms with Crippen molar-refractivity contribution in [2.24, 2.45) is 0 Å². The molecule has 1 aliphatic rings. The third-order valence-electron chi connectivity index (χ3n) is 1.97. The van der Waals surface area contributed by atoms with Gasteiger partial charge in [0.05, 0.1) is 17.3 Å². The molecule has 0 radical (unpaired) electrons. The molecule has 0 aromatic carbocycles. The van der Waals surface area contributed by atoms with Crippen molar-refractivity contribution in [2.75, 3.05) is 19.5 Å². The van der Waals surface area contributed by atoms with Gasteiger partial charge in [-0.2, -0.15) is 8.75 Å². The summed E-state index contributed by atoms with van der Waals surface area (Å²) in [5.74, 6) is 1.02. The number of thioether (sulfide) groups is 1. The van der Waals surface area contributed by atoms with Crippen molar-refractivity contribution in [3.8, 4) is 0 Å². The number of allylic oxidation sites excluding steroid dienone is 1. The minimum absolute atomic E-state index is 0.845. The highest BCUT2D eigenvalue weighted by molar-refractivity contribution is 7.99. The van der Waals surface area contributed by atoms with Crippen LogP contribution in [-0.4, -0.2) is 39.0 Å². The summed E-state index contributed by atoms with van der Waals surface area (Å²) in [6.45, 7) is 2.97. The van der Waals surface area contributed by atoms with Gasteiger partial charge >= 0.3 is 0 Å². The van der Waals surface area contributed by atoms with Crippen LogP contribution >= 0.6 is 23.5 Å². The third kappa shape index (κ3) is 2.38. The lowest BCUT2D eigenvalue weighted by molar-refractivity contribution is -0.496. The van der Waals surface area contributed by atoms with E-state index in [1.807, 2.05) is 13.2 Å². The maximum absolute atomic E-state index is 4.34. The SMILES string of the molecule is CCSc1nsnc1C1=CNC[N+](C)=C1. The van der Waals surface area contributed by atoms with Crippen LogP contribution in [-0.2, 0) is 0 Å². The molecule has 1 aliphatic heterocycles. The first-order chi connectivity index (χ1) is 7.31. The maximum atomic E-state index is 4.34. The standard InChI is InChI=1S/C9H12N4S2/c1-3-14-9-8(11-15-12-9)7-4-10-6-13(2)5-7/h4-5H,3,6H2,1-2H3/p+1. The van der Waals surface area contributed by atoms with Crippen molar-refractivity contribution in [3.63, 3.8) is 0 Å². The smallest absolute Gasteiger partial charge is 0.215 e. The van der Waals surface area contributed by atoms with Gasteiger partial charge in [-0.1, -0.05) is 6.92 Å². The van der Waals surface area contributed by atoms with E-state index in [0.717, 1.165) is 28.7 Å². The summed E-state index contributed by atoms with van der Waals surface area (Å²) < 4.78 is 10.7. The minimum Gasteiger partial charge on any atom is -0.336 e. The Morgan fingerprint density at radius 1 is 1.60 bits per heavy atom. The molecule has 0 fully saturated rings. The average molecular weight is 241 g/mol. The molecule has 1 aromatic heterocycles. The molecule has 0 atom stereocenters. The first-order valence-electron chi connectivity index (χ1n) is 4.75. The van der Waals surface area contributed by atoms with Crippen molar-refractivity contribution in [1.82, 2.24) is 14.1 Å². The Labute approximate surface area is 97.4 Å². The van der Waals surface area contributed by atoms with Crippen molar-refractivity contribution in [3.05, 3.63) is 11.9 Å². The lowest BCUT2D eigenvalue weighted by Crippen LogP contribution is -2.25. The first kappa shape index (κ1) is 10.6. The summed E-state index contributed by atoms with van der Waals surface area (Å²) >= 11 is 3.01. The van der Waals surface area contributed by atoms with Gasteiger partial charge in [-0.05, 0) is 5.75 Å². The number of nitrogens with zero attached hydrogens (tertiary/aromatic N) is 3. The Morgan fingerprint density at radius 2 is 2.47 bits per heavy atom. The average Bonchev–Trinajstić information content (AvgIpc) is 2.66. The molecule has 0 saturated heterocycles. The summed E-state index contributed by atoms with van der Waals surface area (Å²) in [7, 11) is 2.03. The second-order valence-electron chi connectivity index (χ2n) is 3.20.